The van der Waals surface area contributed by atoms with Gasteiger partial charge in [-0.1, -0.05) is 12.8 Å². The second-order valence-corrected chi connectivity index (χ2v) is 2.47. The molecule has 0 aromatic rings. The molecular weight excluding hydrogens is 112 g/mol. The van der Waals surface area contributed by atoms with Gasteiger partial charge in [-0.3, -0.25) is 10.6 Å². The van der Waals surface area contributed by atoms with E-state index in [0.717, 1.165) is 13.1 Å². The fourth-order valence-electron chi connectivity index (χ4n) is 1.02. The summed E-state index contributed by atoms with van der Waals surface area (Å²) in [6.45, 7) is 4.23. The highest BCUT2D eigenvalue weighted by molar-refractivity contribution is 4.62. The minimum absolute atomic E-state index is 1.13. The quantitative estimate of drug-likeness (QED) is 0.504. The van der Waals surface area contributed by atoms with Crippen molar-refractivity contribution in [2.75, 3.05) is 13.1 Å². The van der Waals surface area contributed by atoms with Gasteiger partial charge in [0.1, 0.15) is 0 Å². The van der Waals surface area contributed by atoms with Gasteiger partial charge in [0, 0.05) is 0 Å². The Labute approximate surface area is 57.0 Å². The van der Waals surface area contributed by atoms with Crippen LogP contribution in [0.1, 0.15) is 25.7 Å². The first-order valence-electron chi connectivity index (χ1n) is 3.78. The van der Waals surface area contributed by atoms with Crippen molar-refractivity contribution in [1.29, 1.82) is 0 Å². The molecule has 0 atom stereocenters. The van der Waals surface area contributed by atoms with E-state index in [0.29, 0.717) is 0 Å². The Bertz CT molecular complexity index is 35.4. The zero-order valence-corrected chi connectivity index (χ0v) is 5.82. The van der Waals surface area contributed by atoms with Gasteiger partial charge in [-0.25, -0.2) is 0 Å². The van der Waals surface area contributed by atoms with Crippen LogP contribution in [-0.2, 0) is 0 Å². The molecule has 1 aliphatic heterocycles. The van der Waals surface area contributed by atoms with Crippen LogP contribution >= 0.6 is 0 Å². The summed E-state index contributed by atoms with van der Waals surface area (Å²) in [6, 6.07) is 0. The molecule has 0 amide bonds. The molecule has 1 rings (SSSR count). The van der Waals surface area contributed by atoms with Crippen LogP contribution in [0, 0.1) is 6.67 Å². The predicted molar refractivity (Wildman–Crippen MR) is 38.8 cm³/mol. The molecule has 2 N–H and O–H groups in total. The summed E-state index contributed by atoms with van der Waals surface area (Å²) in [5.74, 6) is 0. The van der Waals surface area contributed by atoms with E-state index in [2.05, 4.69) is 10.6 Å². The molecule has 2 nitrogen and oxygen atoms in total. The van der Waals surface area contributed by atoms with Crippen molar-refractivity contribution in [3.8, 4) is 0 Å². The van der Waals surface area contributed by atoms with Gasteiger partial charge in [0.05, 0.1) is 6.67 Å². The maximum absolute atomic E-state index is 3.19. The van der Waals surface area contributed by atoms with E-state index in [1.54, 1.807) is 0 Å². The van der Waals surface area contributed by atoms with Gasteiger partial charge in [0.25, 0.3) is 0 Å². The molecule has 0 aromatic carbocycles. The average Bonchev–Trinajstić information content (AvgIpc) is 2.00. The first-order chi connectivity index (χ1) is 4.50. The lowest BCUT2D eigenvalue weighted by Crippen LogP contribution is -2.22. The van der Waals surface area contributed by atoms with E-state index < -0.39 is 0 Å². The molecule has 0 spiro atoms. The Morgan fingerprint density at radius 3 is 1.89 bits per heavy atom. The van der Waals surface area contributed by atoms with Gasteiger partial charge in [-0.2, -0.15) is 0 Å². The van der Waals surface area contributed by atoms with Crippen molar-refractivity contribution in [2.45, 2.75) is 25.7 Å². The first-order valence-corrected chi connectivity index (χ1v) is 3.78. The van der Waals surface area contributed by atoms with Crippen LogP contribution in [0.3, 0.4) is 0 Å². The van der Waals surface area contributed by atoms with Gasteiger partial charge < -0.3 is 0 Å². The van der Waals surface area contributed by atoms with Gasteiger partial charge in [0.15, 0.2) is 0 Å². The summed E-state index contributed by atoms with van der Waals surface area (Å²) in [5, 5.41) is 6.38. The third kappa shape index (κ3) is 3.49. The first kappa shape index (κ1) is 7.03. The summed E-state index contributed by atoms with van der Waals surface area (Å²) in [4.78, 5) is 0. The van der Waals surface area contributed by atoms with Crippen LogP contribution in [0.5, 0.6) is 0 Å². The Morgan fingerprint density at radius 1 is 0.778 bits per heavy atom. The van der Waals surface area contributed by atoms with Gasteiger partial charge >= 0.3 is 0 Å². The molecule has 0 unspecified atom stereocenters. The molecule has 2 heteroatoms. The topological polar surface area (TPSA) is 24.1 Å². The summed E-state index contributed by atoms with van der Waals surface area (Å²) >= 11 is 0. The molecule has 0 bridgehead atoms. The molecule has 0 aromatic heterocycles. The van der Waals surface area contributed by atoms with E-state index in [1.165, 1.54) is 25.7 Å². The van der Waals surface area contributed by atoms with Crippen LogP contribution in [-0.4, -0.2) is 13.1 Å². The van der Waals surface area contributed by atoms with E-state index >= 15 is 0 Å². The zero-order valence-electron chi connectivity index (χ0n) is 5.82. The Hall–Kier alpha value is -0.0800. The molecule has 53 valence electrons. The van der Waals surface area contributed by atoms with Crippen molar-refractivity contribution in [3.05, 3.63) is 6.67 Å². The Balaban J connectivity index is 2.02. The largest absolute Gasteiger partial charge is 0.299 e. The summed E-state index contributed by atoms with van der Waals surface area (Å²) in [7, 11) is 0. The molecular formula is C7H15N2. The summed E-state index contributed by atoms with van der Waals surface area (Å²) in [6.07, 6.45) is 5.39. The molecule has 9 heavy (non-hydrogen) atoms. The third-order valence-corrected chi connectivity index (χ3v) is 1.60. The average molecular weight is 127 g/mol. The van der Waals surface area contributed by atoms with Gasteiger partial charge in [-0.05, 0) is 25.9 Å². The Kier molecular flexibility index (Phi) is 3.72. The monoisotopic (exact) mass is 127 g/mol. The van der Waals surface area contributed by atoms with E-state index in [9.17, 15) is 0 Å². The highest BCUT2D eigenvalue weighted by Crippen LogP contribution is 1.98. The molecule has 1 radical (unpaired) electrons. The lowest BCUT2D eigenvalue weighted by atomic mass is 10.2. The van der Waals surface area contributed by atoms with Gasteiger partial charge in [0.2, 0.25) is 0 Å². The van der Waals surface area contributed by atoms with Crippen molar-refractivity contribution in [3.63, 3.8) is 0 Å². The van der Waals surface area contributed by atoms with Crippen molar-refractivity contribution >= 4 is 0 Å². The van der Waals surface area contributed by atoms with Gasteiger partial charge in [-0.15, -0.1) is 0 Å². The van der Waals surface area contributed by atoms with Crippen LogP contribution in [0.15, 0.2) is 0 Å². The number of rotatable bonds is 0. The normalized spacial score (nSPS) is 24.0. The maximum Gasteiger partial charge on any atom is 0.0866 e. The maximum atomic E-state index is 3.19. The fraction of sp³-hybridized carbons (Fsp3) is 0.857. The lowest BCUT2D eigenvalue weighted by molar-refractivity contribution is 0.647. The van der Waals surface area contributed by atoms with Crippen LogP contribution in [0.2, 0.25) is 0 Å². The molecule has 1 heterocycles. The highest BCUT2D eigenvalue weighted by atomic mass is 15.0. The van der Waals surface area contributed by atoms with E-state index in [-0.39, 0.29) is 0 Å². The Morgan fingerprint density at radius 2 is 1.33 bits per heavy atom. The van der Waals surface area contributed by atoms with Crippen LogP contribution in [0.25, 0.3) is 0 Å². The summed E-state index contributed by atoms with van der Waals surface area (Å²) in [5.41, 5.74) is 0. The van der Waals surface area contributed by atoms with Crippen molar-refractivity contribution in [1.82, 2.24) is 10.6 Å². The number of hydrogen-bond donors (Lipinski definition) is 2. The number of hydrogen-bond acceptors (Lipinski definition) is 2. The minimum Gasteiger partial charge on any atom is -0.299 e. The van der Waals surface area contributed by atoms with E-state index in [4.69, 9.17) is 0 Å². The SMILES string of the molecule is [CH]1NCCCCCCN1. The highest BCUT2D eigenvalue weighted by Gasteiger charge is 1.93. The lowest BCUT2D eigenvalue weighted by Gasteiger charge is -1.99. The van der Waals surface area contributed by atoms with Crippen molar-refractivity contribution < 1.29 is 0 Å². The second-order valence-electron chi connectivity index (χ2n) is 2.47. The molecule has 1 fully saturated rings. The molecule has 1 saturated heterocycles. The molecule has 0 saturated carbocycles. The van der Waals surface area contributed by atoms with Crippen molar-refractivity contribution in [2.24, 2.45) is 0 Å². The van der Waals surface area contributed by atoms with Crippen LogP contribution in [0.4, 0.5) is 0 Å². The van der Waals surface area contributed by atoms with Crippen LogP contribution < -0.4 is 10.6 Å². The minimum atomic E-state index is 1.13. The zero-order chi connectivity index (χ0) is 6.36. The molecule has 0 aliphatic carbocycles. The molecule has 1 aliphatic rings. The second kappa shape index (κ2) is 4.77. The van der Waals surface area contributed by atoms with E-state index in [1.807, 2.05) is 6.67 Å². The third-order valence-electron chi connectivity index (χ3n) is 1.60. The summed E-state index contributed by atoms with van der Waals surface area (Å²) < 4.78 is 0. The standard InChI is InChI=1S/C7H15N2/c1-2-4-6-9-7-8-5-3-1/h7-9H,1-6H2. The number of nitrogens with one attached hydrogen (secondary N) is 2. The predicted octanol–water partition coefficient (Wildman–Crippen LogP) is 0.859. The smallest absolute Gasteiger partial charge is 0.0866 e. The fourth-order valence-corrected chi connectivity index (χ4v) is 1.02.